The van der Waals surface area contributed by atoms with Gasteiger partial charge in [-0.1, -0.05) is 34.2 Å². The Morgan fingerprint density at radius 1 is 1.54 bits per heavy atom. The molecular formula is C15H13BrN4O3S. The van der Waals surface area contributed by atoms with Crippen molar-refractivity contribution in [3.63, 3.8) is 0 Å². The Balaban J connectivity index is 2.32. The summed E-state index contributed by atoms with van der Waals surface area (Å²) in [5.41, 5.74) is 0.0834. The van der Waals surface area contributed by atoms with Crippen molar-refractivity contribution in [2.45, 2.75) is 13.3 Å². The highest BCUT2D eigenvalue weighted by Crippen LogP contribution is 2.36. The first-order chi connectivity index (χ1) is 11.5. The standard InChI is InChI=1S/C15H13BrN4O3S/c1-3-12-19-20-15(24-12)18-14(22)8(7-17)6-9-10(16)4-5-11(23-2)13(9)21/h4-6,21H,3H2,1-2H3,(H,18,20,22)/b8-6+. The van der Waals surface area contributed by atoms with Gasteiger partial charge in [-0.25, -0.2) is 0 Å². The molecule has 1 heterocycles. The van der Waals surface area contributed by atoms with Gasteiger partial charge in [-0.05, 0) is 24.6 Å². The smallest absolute Gasteiger partial charge is 0.268 e. The van der Waals surface area contributed by atoms with Gasteiger partial charge in [-0.2, -0.15) is 5.26 Å². The molecule has 0 aliphatic heterocycles. The molecule has 0 saturated carbocycles. The van der Waals surface area contributed by atoms with E-state index in [1.807, 2.05) is 13.0 Å². The van der Waals surface area contributed by atoms with E-state index in [4.69, 9.17) is 4.74 Å². The molecule has 1 aromatic heterocycles. The molecule has 0 bridgehead atoms. The van der Waals surface area contributed by atoms with Crippen LogP contribution in [0.5, 0.6) is 11.5 Å². The Kier molecular flexibility index (Phi) is 5.89. The summed E-state index contributed by atoms with van der Waals surface area (Å²) < 4.78 is 5.55. The van der Waals surface area contributed by atoms with E-state index >= 15 is 0 Å². The molecule has 2 aromatic rings. The molecule has 2 rings (SSSR count). The number of rotatable bonds is 5. The van der Waals surface area contributed by atoms with Crippen molar-refractivity contribution < 1.29 is 14.6 Å². The number of carbonyl (C=O) groups excluding carboxylic acids is 1. The average molecular weight is 409 g/mol. The number of methoxy groups -OCH3 is 1. The summed E-state index contributed by atoms with van der Waals surface area (Å²) in [5.74, 6) is -0.569. The first-order valence-corrected chi connectivity index (χ1v) is 8.42. The van der Waals surface area contributed by atoms with Gasteiger partial charge in [0.25, 0.3) is 5.91 Å². The van der Waals surface area contributed by atoms with Crippen LogP contribution in [0.4, 0.5) is 5.13 Å². The predicted octanol–water partition coefficient (Wildman–Crippen LogP) is 3.12. The van der Waals surface area contributed by atoms with Gasteiger partial charge in [0, 0.05) is 10.0 Å². The summed E-state index contributed by atoms with van der Waals surface area (Å²) in [6.07, 6.45) is 1.98. The lowest BCUT2D eigenvalue weighted by Crippen LogP contribution is -2.13. The zero-order valence-electron chi connectivity index (χ0n) is 12.8. The monoisotopic (exact) mass is 408 g/mol. The molecule has 0 aliphatic carbocycles. The van der Waals surface area contributed by atoms with Gasteiger partial charge >= 0.3 is 0 Å². The molecule has 7 nitrogen and oxygen atoms in total. The van der Waals surface area contributed by atoms with Crippen LogP contribution < -0.4 is 10.1 Å². The second kappa shape index (κ2) is 7.90. The minimum Gasteiger partial charge on any atom is -0.504 e. The number of aromatic nitrogens is 2. The molecule has 0 radical (unpaired) electrons. The minimum atomic E-state index is -0.634. The number of nitrogens with zero attached hydrogens (tertiary/aromatic N) is 3. The van der Waals surface area contributed by atoms with E-state index < -0.39 is 5.91 Å². The Hall–Kier alpha value is -2.44. The SMILES string of the molecule is CCc1nnc(NC(=O)/C(C#N)=C/c2c(Br)ccc(OC)c2O)s1. The van der Waals surface area contributed by atoms with E-state index in [-0.39, 0.29) is 22.6 Å². The van der Waals surface area contributed by atoms with Crippen LogP contribution in [0.1, 0.15) is 17.5 Å². The molecule has 0 saturated heterocycles. The molecule has 1 aromatic carbocycles. The summed E-state index contributed by atoms with van der Waals surface area (Å²) in [4.78, 5) is 12.2. The zero-order valence-corrected chi connectivity index (χ0v) is 15.2. The van der Waals surface area contributed by atoms with Gasteiger partial charge < -0.3 is 9.84 Å². The van der Waals surface area contributed by atoms with Crippen LogP contribution in [-0.2, 0) is 11.2 Å². The second-order valence-electron chi connectivity index (χ2n) is 4.49. The molecule has 124 valence electrons. The molecule has 24 heavy (non-hydrogen) atoms. The number of hydrogen-bond acceptors (Lipinski definition) is 7. The fourth-order valence-corrected chi connectivity index (χ4v) is 2.88. The lowest BCUT2D eigenvalue weighted by molar-refractivity contribution is -0.112. The molecule has 0 atom stereocenters. The van der Waals surface area contributed by atoms with Crippen LogP contribution in [0.25, 0.3) is 6.08 Å². The molecular weight excluding hydrogens is 396 g/mol. The normalized spacial score (nSPS) is 11.0. The summed E-state index contributed by atoms with van der Waals surface area (Å²) >= 11 is 4.51. The van der Waals surface area contributed by atoms with Gasteiger partial charge in [0.1, 0.15) is 16.6 Å². The number of anilines is 1. The highest BCUT2D eigenvalue weighted by Gasteiger charge is 2.16. The maximum atomic E-state index is 12.2. The van der Waals surface area contributed by atoms with Gasteiger partial charge in [-0.3, -0.25) is 10.1 Å². The van der Waals surface area contributed by atoms with Crippen molar-refractivity contribution in [1.29, 1.82) is 5.26 Å². The quantitative estimate of drug-likeness (QED) is 0.580. The second-order valence-corrected chi connectivity index (χ2v) is 6.41. The summed E-state index contributed by atoms with van der Waals surface area (Å²) in [6.45, 7) is 1.93. The highest BCUT2D eigenvalue weighted by molar-refractivity contribution is 9.10. The number of nitriles is 1. The van der Waals surface area contributed by atoms with Gasteiger partial charge in [0.15, 0.2) is 11.5 Å². The number of amides is 1. The number of phenols is 1. The van der Waals surface area contributed by atoms with Crippen molar-refractivity contribution in [1.82, 2.24) is 10.2 Å². The predicted molar refractivity (Wildman–Crippen MR) is 93.9 cm³/mol. The number of aryl methyl sites for hydroxylation is 1. The Labute approximate surface area is 150 Å². The molecule has 0 spiro atoms. The average Bonchev–Trinajstić information content (AvgIpc) is 3.02. The van der Waals surface area contributed by atoms with Gasteiger partial charge in [0.05, 0.1) is 7.11 Å². The molecule has 0 aliphatic rings. The Morgan fingerprint density at radius 2 is 2.29 bits per heavy atom. The van der Waals surface area contributed by atoms with E-state index in [9.17, 15) is 15.2 Å². The van der Waals surface area contributed by atoms with E-state index in [2.05, 4.69) is 31.4 Å². The van der Waals surface area contributed by atoms with Crippen molar-refractivity contribution in [3.05, 3.63) is 32.7 Å². The van der Waals surface area contributed by atoms with Crippen molar-refractivity contribution in [3.8, 4) is 17.6 Å². The first kappa shape index (κ1) is 17.9. The fourth-order valence-electron chi connectivity index (χ4n) is 1.77. The number of phenolic OH excluding ortho intramolecular Hbond substituents is 1. The number of ether oxygens (including phenoxy) is 1. The van der Waals surface area contributed by atoms with Crippen molar-refractivity contribution in [2.75, 3.05) is 12.4 Å². The largest absolute Gasteiger partial charge is 0.504 e. The van der Waals surface area contributed by atoms with Gasteiger partial charge in [0.2, 0.25) is 5.13 Å². The number of carbonyl (C=O) groups is 1. The van der Waals surface area contributed by atoms with Crippen molar-refractivity contribution >= 4 is 44.4 Å². The van der Waals surface area contributed by atoms with E-state index in [0.29, 0.717) is 16.0 Å². The molecule has 0 fully saturated rings. The molecule has 0 unspecified atom stereocenters. The third-order valence-electron chi connectivity index (χ3n) is 2.99. The maximum absolute atomic E-state index is 12.2. The first-order valence-electron chi connectivity index (χ1n) is 6.81. The summed E-state index contributed by atoms with van der Waals surface area (Å²) in [6, 6.07) is 5.03. The topological polar surface area (TPSA) is 108 Å². The Morgan fingerprint density at radius 3 is 2.88 bits per heavy atom. The van der Waals surface area contributed by atoms with Crippen LogP contribution in [0.2, 0.25) is 0 Å². The number of aromatic hydroxyl groups is 1. The Bertz CT molecular complexity index is 842. The third-order valence-corrected chi connectivity index (χ3v) is 4.66. The molecule has 9 heteroatoms. The number of hydrogen-bond donors (Lipinski definition) is 2. The molecule has 1 amide bonds. The lowest BCUT2D eigenvalue weighted by atomic mass is 10.1. The van der Waals surface area contributed by atoms with E-state index in [1.54, 1.807) is 12.1 Å². The third kappa shape index (κ3) is 3.90. The van der Waals surface area contributed by atoms with Crippen LogP contribution in [0, 0.1) is 11.3 Å². The summed E-state index contributed by atoms with van der Waals surface area (Å²) in [7, 11) is 1.41. The van der Waals surface area contributed by atoms with Gasteiger partial charge in [-0.15, -0.1) is 10.2 Å². The van der Waals surface area contributed by atoms with Crippen LogP contribution in [-0.4, -0.2) is 28.3 Å². The maximum Gasteiger partial charge on any atom is 0.268 e. The lowest BCUT2D eigenvalue weighted by Gasteiger charge is -2.08. The van der Waals surface area contributed by atoms with Crippen LogP contribution >= 0.6 is 27.3 Å². The number of benzene rings is 1. The van der Waals surface area contributed by atoms with Crippen LogP contribution in [0.15, 0.2) is 22.2 Å². The minimum absolute atomic E-state index is 0.170. The van der Waals surface area contributed by atoms with E-state index in [0.717, 1.165) is 5.01 Å². The number of halogens is 1. The van der Waals surface area contributed by atoms with E-state index in [1.165, 1.54) is 24.5 Å². The fraction of sp³-hybridized carbons (Fsp3) is 0.200. The number of nitrogens with one attached hydrogen (secondary N) is 1. The van der Waals surface area contributed by atoms with Crippen LogP contribution in [0.3, 0.4) is 0 Å². The van der Waals surface area contributed by atoms with Crippen molar-refractivity contribution in [2.24, 2.45) is 0 Å². The summed E-state index contributed by atoms with van der Waals surface area (Å²) in [5, 5.41) is 30.8. The highest BCUT2D eigenvalue weighted by atomic mass is 79.9. The molecule has 2 N–H and O–H groups in total. The zero-order chi connectivity index (χ0) is 17.7.